The molecule has 0 saturated carbocycles. The summed E-state index contributed by atoms with van der Waals surface area (Å²) in [4.78, 5) is 28.2. The van der Waals surface area contributed by atoms with E-state index in [1.807, 2.05) is 6.07 Å². The van der Waals surface area contributed by atoms with Crippen LogP contribution in [0.4, 0.5) is 5.69 Å². The third-order valence-corrected chi connectivity index (χ3v) is 6.01. The second kappa shape index (κ2) is 6.34. The van der Waals surface area contributed by atoms with Crippen LogP contribution in [-0.4, -0.2) is 23.5 Å². The molecule has 30 heavy (non-hydrogen) atoms. The Morgan fingerprint density at radius 2 is 2.03 bits per heavy atom. The van der Waals surface area contributed by atoms with Crippen LogP contribution in [0.15, 0.2) is 69.9 Å². The fraction of sp³-hybridized carbons (Fsp3) is 0.227. The summed E-state index contributed by atoms with van der Waals surface area (Å²) >= 11 is 0. The first-order valence-corrected chi connectivity index (χ1v) is 9.44. The number of furan rings is 1. The predicted molar refractivity (Wildman–Crippen MR) is 103 cm³/mol. The molecule has 3 N–H and O–H groups in total. The number of ether oxygens (including phenoxy) is 1. The number of nitriles is 1. The van der Waals surface area contributed by atoms with Crippen LogP contribution < -0.4 is 10.6 Å². The number of hydrogen-bond acceptors (Lipinski definition) is 7. The minimum absolute atomic E-state index is 0.102. The molecule has 1 aromatic heterocycles. The van der Waals surface area contributed by atoms with E-state index in [0.29, 0.717) is 23.4 Å². The normalized spacial score (nSPS) is 25.3. The number of aliphatic hydroxyl groups is 1. The van der Waals surface area contributed by atoms with E-state index in [9.17, 15) is 20.0 Å². The first kappa shape index (κ1) is 18.2. The molecule has 0 fully saturated rings. The molecule has 0 radical (unpaired) electrons. The van der Waals surface area contributed by atoms with Gasteiger partial charge in [-0.05, 0) is 18.2 Å². The van der Waals surface area contributed by atoms with Gasteiger partial charge in [-0.15, -0.1) is 0 Å². The molecule has 2 atom stereocenters. The number of Topliss-reactive ketones (excluding diaryl/α,β-unsaturated/α-hetero) is 1. The van der Waals surface area contributed by atoms with Crippen molar-refractivity contribution < 1.29 is 23.8 Å². The average Bonchev–Trinajstić information content (AvgIpc) is 3.35. The van der Waals surface area contributed by atoms with Crippen molar-refractivity contribution >= 4 is 17.4 Å². The van der Waals surface area contributed by atoms with Crippen LogP contribution in [0.5, 0.6) is 0 Å². The van der Waals surface area contributed by atoms with Gasteiger partial charge in [0.25, 0.3) is 0 Å². The van der Waals surface area contributed by atoms with Crippen molar-refractivity contribution in [3.8, 4) is 6.07 Å². The molecule has 0 unspecified atom stereocenters. The third-order valence-electron chi connectivity index (χ3n) is 6.01. The number of ketones is 1. The number of nitrogens with two attached hydrogens (primary N) is 1. The molecule has 1 spiro atoms. The van der Waals surface area contributed by atoms with Crippen molar-refractivity contribution in [1.82, 2.24) is 0 Å². The van der Waals surface area contributed by atoms with E-state index >= 15 is 0 Å². The van der Waals surface area contributed by atoms with Crippen LogP contribution in [0, 0.1) is 11.3 Å². The second-order valence-electron chi connectivity index (χ2n) is 7.44. The Morgan fingerprint density at radius 3 is 2.73 bits per heavy atom. The number of rotatable bonds is 2. The number of allylic oxidation sites excluding steroid dienone is 1. The summed E-state index contributed by atoms with van der Waals surface area (Å²) in [6, 6.07) is 12.3. The number of fused-ring (bicyclic) bond motifs is 3. The summed E-state index contributed by atoms with van der Waals surface area (Å²) in [7, 11) is 0. The molecule has 1 aliphatic carbocycles. The summed E-state index contributed by atoms with van der Waals surface area (Å²) < 4.78 is 11.2. The minimum atomic E-state index is -1.73. The number of hydrogen-bond donors (Lipinski definition) is 2. The molecule has 5 rings (SSSR count). The quantitative estimate of drug-likeness (QED) is 0.784. The molecule has 0 bridgehead atoms. The van der Waals surface area contributed by atoms with Crippen LogP contribution in [0.1, 0.15) is 30.1 Å². The van der Waals surface area contributed by atoms with E-state index in [2.05, 4.69) is 0 Å². The number of amides is 1. The molecule has 2 aromatic rings. The summed E-state index contributed by atoms with van der Waals surface area (Å²) in [6.07, 6.45) is 1.93. The number of anilines is 1. The highest BCUT2D eigenvalue weighted by Gasteiger charge is 2.62. The maximum Gasteiger partial charge on any atom is 0.249 e. The van der Waals surface area contributed by atoms with Crippen molar-refractivity contribution in [2.24, 2.45) is 5.73 Å². The highest BCUT2D eigenvalue weighted by atomic mass is 16.5. The summed E-state index contributed by atoms with van der Waals surface area (Å²) in [5.74, 6) is -0.497. The first-order chi connectivity index (χ1) is 14.5. The molecule has 8 heteroatoms. The molecule has 150 valence electrons. The molecular weight excluding hydrogens is 386 g/mol. The maximum atomic E-state index is 13.7. The molecule has 3 aliphatic rings. The smallest absolute Gasteiger partial charge is 0.249 e. The van der Waals surface area contributed by atoms with E-state index in [1.165, 1.54) is 6.26 Å². The Hall–Kier alpha value is -3.83. The standard InChI is InChI=1S/C22H17N3O5/c23-10-14-20(24)30-18-9-12(17-6-3-7-29-17)8-16(27)19(18)22(14)13-4-1-2-5-15(13)25(11-26)21(22)28/h1-7,12,26H,8-9,11,24H2/t12-,22+/m0/s1. The maximum absolute atomic E-state index is 13.7. The van der Waals surface area contributed by atoms with Crippen molar-refractivity contribution in [3.63, 3.8) is 0 Å². The van der Waals surface area contributed by atoms with Gasteiger partial charge < -0.3 is 20.0 Å². The molecule has 2 aliphatic heterocycles. The number of nitrogens with zero attached hydrogens (tertiary/aromatic N) is 2. The Labute approximate surface area is 171 Å². The van der Waals surface area contributed by atoms with Gasteiger partial charge in [0.2, 0.25) is 11.8 Å². The lowest BCUT2D eigenvalue weighted by molar-refractivity contribution is -0.125. The highest BCUT2D eigenvalue weighted by Crippen LogP contribution is 2.56. The molecule has 0 saturated heterocycles. The number of aliphatic hydroxyl groups excluding tert-OH is 1. The third kappa shape index (κ3) is 2.12. The zero-order valence-corrected chi connectivity index (χ0v) is 15.8. The number of carbonyl (C=O) groups excluding carboxylic acids is 2. The zero-order chi connectivity index (χ0) is 21.0. The van der Waals surface area contributed by atoms with Gasteiger partial charge >= 0.3 is 0 Å². The van der Waals surface area contributed by atoms with E-state index in [1.54, 1.807) is 36.4 Å². The van der Waals surface area contributed by atoms with Gasteiger partial charge in [-0.1, -0.05) is 18.2 Å². The van der Waals surface area contributed by atoms with Crippen LogP contribution >= 0.6 is 0 Å². The minimum Gasteiger partial charge on any atom is -0.469 e. The van der Waals surface area contributed by atoms with Crippen LogP contribution in [-0.2, 0) is 19.7 Å². The second-order valence-corrected chi connectivity index (χ2v) is 7.44. The van der Waals surface area contributed by atoms with Crippen LogP contribution in [0.25, 0.3) is 0 Å². The van der Waals surface area contributed by atoms with Gasteiger partial charge in [0.1, 0.15) is 35.3 Å². The van der Waals surface area contributed by atoms with Gasteiger partial charge in [0.15, 0.2) is 5.78 Å². The number of para-hydroxylation sites is 1. The highest BCUT2D eigenvalue weighted by molar-refractivity contribution is 6.20. The molecule has 1 amide bonds. The van der Waals surface area contributed by atoms with Gasteiger partial charge in [0.05, 0.1) is 17.5 Å². The zero-order valence-electron chi connectivity index (χ0n) is 15.8. The fourth-order valence-corrected chi connectivity index (χ4v) is 4.82. The van der Waals surface area contributed by atoms with E-state index in [4.69, 9.17) is 14.9 Å². The van der Waals surface area contributed by atoms with E-state index in [-0.39, 0.29) is 40.9 Å². The summed E-state index contributed by atoms with van der Waals surface area (Å²) in [5.41, 5.74) is 5.22. The van der Waals surface area contributed by atoms with Crippen molar-refractivity contribution in [2.75, 3.05) is 11.6 Å². The van der Waals surface area contributed by atoms with Crippen molar-refractivity contribution in [1.29, 1.82) is 5.26 Å². The lowest BCUT2D eigenvalue weighted by Crippen LogP contribution is -2.49. The Morgan fingerprint density at radius 1 is 1.23 bits per heavy atom. The Bertz CT molecular complexity index is 1190. The van der Waals surface area contributed by atoms with Gasteiger partial charge in [-0.25, -0.2) is 0 Å². The largest absolute Gasteiger partial charge is 0.469 e. The average molecular weight is 403 g/mol. The Balaban J connectivity index is 1.78. The number of benzene rings is 1. The van der Waals surface area contributed by atoms with Gasteiger partial charge in [-0.2, -0.15) is 5.26 Å². The summed E-state index contributed by atoms with van der Waals surface area (Å²) in [6.45, 7) is -0.594. The SMILES string of the molecule is N#CC1=C(N)OC2=C(C(=O)C[C@H](c3ccco3)C2)[C@]12C(=O)N(CO)c1ccccc12. The van der Waals surface area contributed by atoms with Crippen LogP contribution in [0.3, 0.4) is 0 Å². The molecule has 1 aromatic carbocycles. The van der Waals surface area contributed by atoms with E-state index in [0.717, 1.165) is 4.90 Å². The predicted octanol–water partition coefficient (Wildman–Crippen LogP) is 1.94. The Kier molecular flexibility index (Phi) is 3.85. The topological polar surface area (TPSA) is 130 Å². The monoisotopic (exact) mass is 403 g/mol. The van der Waals surface area contributed by atoms with Crippen molar-refractivity contribution in [2.45, 2.75) is 24.2 Å². The fourth-order valence-electron chi connectivity index (χ4n) is 4.82. The van der Waals surface area contributed by atoms with Gasteiger partial charge in [-0.3, -0.25) is 14.5 Å². The molecular formula is C22H17N3O5. The van der Waals surface area contributed by atoms with E-state index < -0.39 is 18.1 Å². The summed E-state index contributed by atoms with van der Waals surface area (Å²) in [5, 5.41) is 19.8. The first-order valence-electron chi connectivity index (χ1n) is 9.44. The number of carbonyl (C=O) groups is 2. The lowest BCUT2D eigenvalue weighted by atomic mass is 9.64. The molecule has 8 nitrogen and oxygen atoms in total. The molecule has 3 heterocycles. The van der Waals surface area contributed by atoms with Gasteiger partial charge in [0, 0.05) is 24.3 Å². The van der Waals surface area contributed by atoms with Crippen molar-refractivity contribution in [3.05, 3.63) is 76.8 Å². The lowest BCUT2D eigenvalue weighted by Gasteiger charge is -2.38. The van der Waals surface area contributed by atoms with Crippen LogP contribution in [0.2, 0.25) is 0 Å².